The van der Waals surface area contributed by atoms with Crippen LogP contribution in [0.2, 0.25) is 0 Å². The van der Waals surface area contributed by atoms with Crippen LogP contribution in [0.25, 0.3) is 0 Å². The van der Waals surface area contributed by atoms with Crippen molar-refractivity contribution in [3.63, 3.8) is 0 Å². The minimum Gasteiger partial charge on any atom is -0.312 e. The molecule has 0 radical (unpaired) electrons. The summed E-state index contributed by atoms with van der Waals surface area (Å²) in [6.07, 6.45) is 2.11. The Morgan fingerprint density at radius 2 is 2.29 bits per heavy atom. The lowest BCUT2D eigenvalue weighted by Crippen LogP contribution is -2.25. The highest BCUT2D eigenvalue weighted by atomic mass is 19.3. The third kappa shape index (κ3) is 1.75. The molecule has 0 amide bonds. The van der Waals surface area contributed by atoms with Crippen molar-refractivity contribution in [3.8, 4) is 0 Å². The van der Waals surface area contributed by atoms with Gasteiger partial charge in [-0.3, -0.25) is 4.98 Å². The molecule has 0 saturated carbocycles. The molecular weight excluding hydrogens is 186 g/mol. The minimum atomic E-state index is -2.79. The molecule has 1 aromatic heterocycles. The maximum atomic E-state index is 13.0. The van der Waals surface area contributed by atoms with Gasteiger partial charge in [0, 0.05) is 43.9 Å². The zero-order valence-corrected chi connectivity index (χ0v) is 7.98. The Morgan fingerprint density at radius 1 is 1.50 bits per heavy atom. The molecule has 2 nitrogen and oxygen atoms in total. The standard InChI is InChI=1S/C10H12F2N2/c1-10(11,12)8-4-7-5-13-3-2-9(7)14-6-8/h4,6,13H,2-3,5H2,1H3. The lowest BCUT2D eigenvalue weighted by atomic mass is 10.0. The fraction of sp³-hybridized carbons (Fsp3) is 0.500. The van der Waals surface area contributed by atoms with Crippen LogP contribution in [-0.2, 0) is 18.9 Å². The number of nitrogens with one attached hydrogen (secondary N) is 1. The first-order valence-electron chi connectivity index (χ1n) is 4.64. The second-order valence-electron chi connectivity index (χ2n) is 3.64. The fourth-order valence-electron chi connectivity index (χ4n) is 1.59. The van der Waals surface area contributed by atoms with Crippen LogP contribution in [0.1, 0.15) is 23.7 Å². The van der Waals surface area contributed by atoms with Gasteiger partial charge >= 0.3 is 0 Å². The zero-order valence-electron chi connectivity index (χ0n) is 7.98. The number of halogens is 2. The SMILES string of the molecule is CC(F)(F)c1cnc2c(c1)CNCC2. The molecule has 76 valence electrons. The summed E-state index contributed by atoms with van der Waals surface area (Å²) in [5.41, 5.74) is 1.84. The number of pyridine rings is 1. The monoisotopic (exact) mass is 198 g/mol. The van der Waals surface area contributed by atoms with Crippen LogP contribution in [0.4, 0.5) is 8.78 Å². The van der Waals surface area contributed by atoms with Gasteiger partial charge in [-0.1, -0.05) is 0 Å². The molecule has 1 aliphatic rings. The van der Waals surface area contributed by atoms with Gasteiger partial charge in [-0.2, -0.15) is 0 Å². The van der Waals surface area contributed by atoms with E-state index in [-0.39, 0.29) is 5.56 Å². The second-order valence-corrected chi connectivity index (χ2v) is 3.64. The smallest absolute Gasteiger partial charge is 0.272 e. The van der Waals surface area contributed by atoms with Crippen LogP contribution >= 0.6 is 0 Å². The summed E-state index contributed by atoms with van der Waals surface area (Å²) in [7, 11) is 0. The maximum Gasteiger partial charge on any atom is 0.272 e. The van der Waals surface area contributed by atoms with E-state index < -0.39 is 5.92 Å². The Morgan fingerprint density at radius 3 is 3.00 bits per heavy atom. The number of hydrogen-bond donors (Lipinski definition) is 1. The summed E-state index contributed by atoms with van der Waals surface area (Å²) in [6, 6.07) is 1.55. The molecule has 0 atom stereocenters. The Bertz CT molecular complexity index is 344. The molecule has 1 aromatic rings. The lowest BCUT2D eigenvalue weighted by Gasteiger charge is -2.18. The van der Waals surface area contributed by atoms with Gasteiger partial charge in [-0.25, -0.2) is 8.78 Å². The van der Waals surface area contributed by atoms with E-state index in [0.717, 1.165) is 31.1 Å². The molecule has 0 spiro atoms. The third-order valence-electron chi connectivity index (χ3n) is 2.42. The van der Waals surface area contributed by atoms with Crippen LogP contribution in [0.15, 0.2) is 12.3 Å². The van der Waals surface area contributed by atoms with Gasteiger partial charge in [0.05, 0.1) is 0 Å². The van der Waals surface area contributed by atoms with E-state index in [1.807, 2.05) is 0 Å². The highest BCUT2D eigenvalue weighted by Gasteiger charge is 2.26. The van der Waals surface area contributed by atoms with Crippen LogP contribution in [-0.4, -0.2) is 11.5 Å². The van der Waals surface area contributed by atoms with Crippen molar-refractivity contribution < 1.29 is 8.78 Å². The van der Waals surface area contributed by atoms with Crippen LogP contribution < -0.4 is 5.32 Å². The normalized spacial score (nSPS) is 16.5. The van der Waals surface area contributed by atoms with E-state index in [0.29, 0.717) is 6.54 Å². The van der Waals surface area contributed by atoms with Gasteiger partial charge in [-0.05, 0) is 11.6 Å². The number of hydrogen-bond acceptors (Lipinski definition) is 2. The molecule has 4 heteroatoms. The van der Waals surface area contributed by atoms with Crippen molar-refractivity contribution in [3.05, 3.63) is 29.1 Å². The van der Waals surface area contributed by atoms with Crippen molar-refractivity contribution >= 4 is 0 Å². The Balaban J connectivity index is 2.39. The Kier molecular flexibility index (Phi) is 2.23. The maximum absolute atomic E-state index is 13.0. The topological polar surface area (TPSA) is 24.9 Å². The first kappa shape index (κ1) is 9.52. The number of fused-ring (bicyclic) bond motifs is 1. The molecule has 2 rings (SSSR count). The van der Waals surface area contributed by atoms with E-state index >= 15 is 0 Å². The van der Waals surface area contributed by atoms with E-state index in [1.165, 1.54) is 6.20 Å². The van der Waals surface area contributed by atoms with Gasteiger partial charge in [0.25, 0.3) is 5.92 Å². The second kappa shape index (κ2) is 3.28. The third-order valence-corrected chi connectivity index (χ3v) is 2.42. The number of alkyl halides is 2. The number of rotatable bonds is 1. The molecule has 0 aromatic carbocycles. The van der Waals surface area contributed by atoms with Crippen molar-refractivity contribution in [2.45, 2.75) is 25.8 Å². The Labute approximate surface area is 81.4 Å². The summed E-state index contributed by atoms with van der Waals surface area (Å²) >= 11 is 0. The van der Waals surface area contributed by atoms with E-state index in [2.05, 4.69) is 10.3 Å². The van der Waals surface area contributed by atoms with Crippen LogP contribution in [0, 0.1) is 0 Å². The number of nitrogens with zero attached hydrogens (tertiary/aromatic N) is 1. The van der Waals surface area contributed by atoms with Gasteiger partial charge in [0.1, 0.15) is 0 Å². The van der Waals surface area contributed by atoms with Gasteiger partial charge in [-0.15, -0.1) is 0 Å². The molecule has 0 unspecified atom stereocenters. The zero-order chi connectivity index (χ0) is 10.2. The fourth-order valence-corrected chi connectivity index (χ4v) is 1.59. The lowest BCUT2D eigenvalue weighted by molar-refractivity contribution is 0.0170. The first-order chi connectivity index (χ1) is 6.57. The molecule has 0 saturated heterocycles. The van der Waals surface area contributed by atoms with Crippen molar-refractivity contribution in [1.82, 2.24) is 10.3 Å². The summed E-state index contributed by atoms with van der Waals surface area (Å²) in [4.78, 5) is 4.07. The van der Waals surface area contributed by atoms with Gasteiger partial charge < -0.3 is 5.32 Å². The molecular formula is C10H12F2N2. The van der Waals surface area contributed by atoms with Crippen LogP contribution in [0.5, 0.6) is 0 Å². The summed E-state index contributed by atoms with van der Waals surface area (Å²) in [5.74, 6) is -2.79. The average molecular weight is 198 g/mol. The summed E-state index contributed by atoms with van der Waals surface area (Å²) < 4.78 is 25.9. The van der Waals surface area contributed by atoms with E-state index in [9.17, 15) is 8.78 Å². The molecule has 0 bridgehead atoms. The van der Waals surface area contributed by atoms with Gasteiger partial charge in [0.15, 0.2) is 0 Å². The van der Waals surface area contributed by atoms with Crippen molar-refractivity contribution in [1.29, 1.82) is 0 Å². The molecule has 1 N–H and O–H groups in total. The first-order valence-corrected chi connectivity index (χ1v) is 4.64. The Hall–Kier alpha value is -1.03. The highest BCUT2D eigenvalue weighted by Crippen LogP contribution is 2.28. The highest BCUT2D eigenvalue weighted by molar-refractivity contribution is 5.29. The summed E-state index contributed by atoms with van der Waals surface area (Å²) in [6.45, 7) is 2.42. The summed E-state index contributed by atoms with van der Waals surface area (Å²) in [5, 5.41) is 3.13. The van der Waals surface area contributed by atoms with Crippen molar-refractivity contribution in [2.24, 2.45) is 0 Å². The molecule has 0 fully saturated rings. The predicted molar refractivity (Wildman–Crippen MR) is 49.2 cm³/mol. The van der Waals surface area contributed by atoms with E-state index in [1.54, 1.807) is 6.07 Å². The molecule has 1 aliphatic heterocycles. The van der Waals surface area contributed by atoms with Crippen LogP contribution in [0.3, 0.4) is 0 Å². The number of aromatic nitrogens is 1. The average Bonchev–Trinajstić information content (AvgIpc) is 2.16. The minimum absolute atomic E-state index is 0.0000463. The predicted octanol–water partition coefficient (Wildman–Crippen LogP) is 1.84. The quantitative estimate of drug-likeness (QED) is 0.744. The molecule has 2 heterocycles. The van der Waals surface area contributed by atoms with Gasteiger partial charge in [0.2, 0.25) is 0 Å². The molecule has 14 heavy (non-hydrogen) atoms. The largest absolute Gasteiger partial charge is 0.312 e. The van der Waals surface area contributed by atoms with E-state index in [4.69, 9.17) is 0 Å². The van der Waals surface area contributed by atoms with Crippen molar-refractivity contribution in [2.75, 3.05) is 6.54 Å². The molecule has 0 aliphatic carbocycles.